The molecule has 0 radical (unpaired) electrons. The fraction of sp³-hybridized carbons (Fsp3) is 0.867. The van der Waals surface area contributed by atoms with Gasteiger partial charge in [0.2, 0.25) is 0 Å². The molecule has 3 atom stereocenters. The second-order valence-corrected chi connectivity index (χ2v) is 12.6. The van der Waals surface area contributed by atoms with Gasteiger partial charge in [-0.3, -0.25) is 0 Å². The second-order valence-electron chi connectivity index (χ2n) is 7.76. The number of rotatable bonds is 3. The summed E-state index contributed by atoms with van der Waals surface area (Å²) in [6, 6.07) is 0. The zero-order valence-corrected chi connectivity index (χ0v) is 15.0. The fourth-order valence-corrected chi connectivity index (χ4v) is 3.33. The molecular formula is C15H27FO4Si. The molecule has 2 fully saturated rings. The van der Waals surface area contributed by atoms with Gasteiger partial charge >= 0.3 is 0 Å². The maximum absolute atomic E-state index is 13.0. The van der Waals surface area contributed by atoms with Gasteiger partial charge in [0.25, 0.3) is 0 Å². The quantitative estimate of drug-likeness (QED) is 0.743. The fourth-order valence-electron chi connectivity index (χ4n) is 2.31. The lowest BCUT2D eigenvalue weighted by Crippen LogP contribution is -2.44. The summed E-state index contributed by atoms with van der Waals surface area (Å²) < 4.78 is 36.3. The molecule has 0 bridgehead atoms. The van der Waals surface area contributed by atoms with Gasteiger partial charge in [0.15, 0.2) is 26.0 Å². The largest absolute Gasteiger partial charge is 0.484 e. The average molecular weight is 318 g/mol. The van der Waals surface area contributed by atoms with Crippen molar-refractivity contribution in [2.75, 3.05) is 6.61 Å². The van der Waals surface area contributed by atoms with Crippen molar-refractivity contribution >= 4 is 8.32 Å². The van der Waals surface area contributed by atoms with Gasteiger partial charge in [-0.25, -0.2) is 4.39 Å². The van der Waals surface area contributed by atoms with Crippen LogP contribution in [0, 0.1) is 0 Å². The summed E-state index contributed by atoms with van der Waals surface area (Å²) in [7, 11) is -1.87. The highest BCUT2D eigenvalue weighted by atomic mass is 28.4. The van der Waals surface area contributed by atoms with E-state index < -0.39 is 20.2 Å². The first-order valence-corrected chi connectivity index (χ1v) is 10.3. The smallest absolute Gasteiger partial charge is 0.192 e. The molecule has 2 aliphatic rings. The summed E-state index contributed by atoms with van der Waals surface area (Å²) in [5, 5.41) is 0.121. The lowest BCUT2D eigenvalue weighted by molar-refractivity contribution is -0.169. The zero-order valence-electron chi connectivity index (χ0n) is 14.0. The molecule has 2 heterocycles. The van der Waals surface area contributed by atoms with Crippen molar-refractivity contribution in [2.24, 2.45) is 0 Å². The van der Waals surface area contributed by atoms with E-state index in [1.165, 1.54) is 0 Å². The van der Waals surface area contributed by atoms with Crippen LogP contribution >= 0.6 is 0 Å². The lowest BCUT2D eigenvalue weighted by Gasteiger charge is -2.37. The average Bonchev–Trinajstić information content (AvgIpc) is 2.78. The Morgan fingerprint density at radius 2 is 1.90 bits per heavy atom. The van der Waals surface area contributed by atoms with E-state index in [2.05, 4.69) is 33.9 Å². The summed E-state index contributed by atoms with van der Waals surface area (Å²) in [6.07, 6.45) is -0.646. The van der Waals surface area contributed by atoms with Crippen molar-refractivity contribution in [3.05, 3.63) is 12.1 Å². The third-order valence-corrected chi connectivity index (χ3v) is 9.09. The van der Waals surface area contributed by atoms with E-state index in [9.17, 15) is 4.39 Å². The summed E-state index contributed by atoms with van der Waals surface area (Å²) in [5.74, 6) is -0.516. The molecule has 6 heteroatoms. The van der Waals surface area contributed by atoms with Gasteiger partial charge in [-0.1, -0.05) is 20.8 Å². The summed E-state index contributed by atoms with van der Waals surface area (Å²) >= 11 is 0. The predicted octanol–water partition coefficient (Wildman–Crippen LogP) is 3.74. The van der Waals surface area contributed by atoms with Crippen LogP contribution in [0.1, 0.15) is 34.6 Å². The molecule has 0 unspecified atom stereocenters. The Kier molecular flexibility index (Phi) is 4.30. The van der Waals surface area contributed by atoms with E-state index in [4.69, 9.17) is 18.6 Å². The minimum absolute atomic E-state index is 0.121. The molecule has 0 aromatic carbocycles. The SMILES string of the molecule is CC1(C)O[C@@H]2[C@@H](CO[Si](C)(C)C(C)(C)C)O/C(=C/F)[C@@H]2O1. The monoisotopic (exact) mass is 318 g/mol. The predicted molar refractivity (Wildman–Crippen MR) is 81.0 cm³/mol. The topological polar surface area (TPSA) is 36.9 Å². The second kappa shape index (κ2) is 5.33. The highest BCUT2D eigenvalue weighted by Crippen LogP contribution is 2.42. The van der Waals surface area contributed by atoms with E-state index in [1.807, 2.05) is 13.8 Å². The first-order chi connectivity index (χ1) is 9.47. The molecule has 21 heavy (non-hydrogen) atoms. The van der Waals surface area contributed by atoms with Gasteiger partial charge in [-0.2, -0.15) is 0 Å². The standard InChI is InChI=1S/C15H27FO4Si/c1-14(2,3)21(6,7)17-9-11-13-12(10(8-16)18-11)19-15(4,5)20-13/h8,11-13H,9H2,1-7H3/b10-8+/t11-,12+,13-/m1/s1. The summed E-state index contributed by atoms with van der Waals surface area (Å²) in [5.41, 5.74) is 0. The molecule has 0 aromatic heterocycles. The van der Waals surface area contributed by atoms with Gasteiger partial charge in [0.1, 0.15) is 18.5 Å². The number of hydrogen-bond donors (Lipinski definition) is 0. The van der Waals surface area contributed by atoms with Crippen LogP contribution in [0.5, 0.6) is 0 Å². The van der Waals surface area contributed by atoms with Crippen LogP contribution in [0.15, 0.2) is 12.1 Å². The molecule has 2 saturated heterocycles. The van der Waals surface area contributed by atoms with Crippen LogP contribution in [0.2, 0.25) is 18.1 Å². The highest BCUT2D eigenvalue weighted by Gasteiger charge is 2.54. The number of ether oxygens (including phenoxy) is 3. The van der Waals surface area contributed by atoms with Gasteiger partial charge < -0.3 is 18.6 Å². The summed E-state index contributed by atoms with van der Waals surface area (Å²) in [6.45, 7) is 15.0. The Labute approximate surface area is 127 Å². The van der Waals surface area contributed by atoms with Crippen molar-refractivity contribution in [3.63, 3.8) is 0 Å². The normalized spacial score (nSPS) is 34.1. The Morgan fingerprint density at radius 3 is 2.43 bits per heavy atom. The van der Waals surface area contributed by atoms with Crippen LogP contribution in [-0.2, 0) is 18.6 Å². The molecule has 0 saturated carbocycles. The van der Waals surface area contributed by atoms with Crippen LogP contribution in [0.25, 0.3) is 0 Å². The highest BCUT2D eigenvalue weighted by molar-refractivity contribution is 6.74. The Hall–Kier alpha value is -0.433. The van der Waals surface area contributed by atoms with Gasteiger partial charge in [0.05, 0.1) is 6.61 Å². The molecule has 122 valence electrons. The third-order valence-electron chi connectivity index (χ3n) is 4.59. The molecule has 2 aliphatic heterocycles. The minimum Gasteiger partial charge on any atom is -0.484 e. The first-order valence-electron chi connectivity index (χ1n) is 7.43. The lowest BCUT2D eigenvalue weighted by atomic mass is 10.1. The van der Waals surface area contributed by atoms with Crippen molar-refractivity contribution in [3.8, 4) is 0 Å². The van der Waals surface area contributed by atoms with Crippen LogP contribution in [0.3, 0.4) is 0 Å². The molecule has 2 rings (SSSR count). The maximum Gasteiger partial charge on any atom is 0.192 e. The van der Waals surface area contributed by atoms with Gasteiger partial charge in [-0.15, -0.1) is 0 Å². The third kappa shape index (κ3) is 3.33. The molecule has 0 N–H and O–H groups in total. The van der Waals surface area contributed by atoms with Crippen molar-refractivity contribution in [1.29, 1.82) is 0 Å². The van der Waals surface area contributed by atoms with E-state index in [0.717, 1.165) is 0 Å². The van der Waals surface area contributed by atoms with E-state index in [0.29, 0.717) is 12.9 Å². The van der Waals surface area contributed by atoms with Crippen LogP contribution in [0.4, 0.5) is 4.39 Å². The molecule has 0 spiro atoms. The molecule has 0 aliphatic carbocycles. The van der Waals surface area contributed by atoms with Crippen molar-refractivity contribution < 1.29 is 23.0 Å². The Bertz CT molecular complexity index is 428. The molecule has 0 aromatic rings. The van der Waals surface area contributed by atoms with Gasteiger partial charge in [-0.05, 0) is 32.0 Å². The van der Waals surface area contributed by atoms with Crippen LogP contribution in [-0.4, -0.2) is 39.0 Å². The van der Waals surface area contributed by atoms with E-state index in [1.54, 1.807) is 0 Å². The first kappa shape index (κ1) is 16.9. The van der Waals surface area contributed by atoms with Crippen molar-refractivity contribution in [2.45, 2.75) is 76.8 Å². The molecular weight excluding hydrogens is 291 g/mol. The van der Waals surface area contributed by atoms with Gasteiger partial charge in [0, 0.05) is 0 Å². The Balaban J connectivity index is 2.05. The number of halogens is 1. The number of hydrogen-bond acceptors (Lipinski definition) is 4. The van der Waals surface area contributed by atoms with Crippen LogP contribution < -0.4 is 0 Å². The Morgan fingerprint density at radius 1 is 1.29 bits per heavy atom. The maximum atomic E-state index is 13.0. The molecule has 4 nitrogen and oxygen atoms in total. The zero-order chi connectivity index (χ0) is 16.1. The van der Waals surface area contributed by atoms with E-state index >= 15 is 0 Å². The van der Waals surface area contributed by atoms with Crippen molar-refractivity contribution in [1.82, 2.24) is 0 Å². The molecule has 0 amide bonds. The van der Waals surface area contributed by atoms with E-state index in [-0.39, 0.29) is 23.0 Å². The summed E-state index contributed by atoms with van der Waals surface area (Å²) in [4.78, 5) is 0. The number of fused-ring (bicyclic) bond motifs is 1. The minimum atomic E-state index is -1.87.